The van der Waals surface area contributed by atoms with E-state index in [-0.39, 0.29) is 5.91 Å². The number of aryl methyl sites for hydroxylation is 1. The highest BCUT2D eigenvalue weighted by Gasteiger charge is 2.13. The molecular formula is C19H14ClN5OS. The third-order valence-electron chi connectivity index (χ3n) is 3.95. The fraction of sp³-hybridized carbons (Fsp3) is 0.0526. The molecule has 0 atom stereocenters. The Hall–Kier alpha value is -3.03. The third kappa shape index (κ3) is 3.74. The maximum absolute atomic E-state index is 12.5. The lowest BCUT2D eigenvalue weighted by atomic mass is 10.1. The summed E-state index contributed by atoms with van der Waals surface area (Å²) in [6.07, 6.45) is 3.06. The highest BCUT2D eigenvalue weighted by atomic mass is 35.5. The maximum Gasteiger partial charge on any atom is 0.257 e. The Morgan fingerprint density at radius 2 is 1.85 bits per heavy atom. The van der Waals surface area contributed by atoms with Gasteiger partial charge >= 0.3 is 0 Å². The van der Waals surface area contributed by atoms with Crippen LogP contribution in [0, 0.1) is 6.92 Å². The van der Waals surface area contributed by atoms with Crippen molar-refractivity contribution < 1.29 is 4.79 Å². The van der Waals surface area contributed by atoms with Gasteiger partial charge in [-0.3, -0.25) is 10.1 Å². The number of aromatic nitrogens is 4. The highest BCUT2D eigenvalue weighted by molar-refractivity contribution is 7.16. The van der Waals surface area contributed by atoms with Crippen LogP contribution in [0.1, 0.15) is 15.2 Å². The second-order valence-corrected chi connectivity index (χ2v) is 7.41. The number of nitrogens with zero attached hydrogens (tertiary/aromatic N) is 4. The molecule has 0 aliphatic carbocycles. The molecule has 2 aromatic carbocycles. The molecule has 0 bridgehead atoms. The SMILES string of the molecule is Cc1sc(NC(=O)c2ccc(-n3cncn3)cc2)nc1-c1ccc(Cl)cc1. The van der Waals surface area contributed by atoms with Crippen LogP contribution in [-0.2, 0) is 0 Å². The normalized spacial score (nSPS) is 10.7. The van der Waals surface area contributed by atoms with E-state index in [1.807, 2.05) is 43.3 Å². The first-order chi connectivity index (χ1) is 13.1. The number of amides is 1. The molecular weight excluding hydrogens is 382 g/mol. The molecule has 8 heteroatoms. The van der Waals surface area contributed by atoms with Gasteiger partial charge in [0.25, 0.3) is 5.91 Å². The molecule has 0 aliphatic rings. The fourth-order valence-corrected chi connectivity index (χ4v) is 3.56. The largest absolute Gasteiger partial charge is 0.298 e. The van der Waals surface area contributed by atoms with Gasteiger partial charge in [0, 0.05) is 21.0 Å². The van der Waals surface area contributed by atoms with Crippen LogP contribution in [0.3, 0.4) is 0 Å². The Morgan fingerprint density at radius 1 is 1.11 bits per heavy atom. The van der Waals surface area contributed by atoms with Gasteiger partial charge in [-0.05, 0) is 43.3 Å². The summed E-state index contributed by atoms with van der Waals surface area (Å²) in [6, 6.07) is 14.6. The topological polar surface area (TPSA) is 72.7 Å². The van der Waals surface area contributed by atoms with Crippen molar-refractivity contribution >= 4 is 34.0 Å². The molecule has 27 heavy (non-hydrogen) atoms. The van der Waals surface area contributed by atoms with Crippen molar-refractivity contribution in [1.29, 1.82) is 0 Å². The van der Waals surface area contributed by atoms with E-state index in [9.17, 15) is 4.79 Å². The molecule has 1 amide bonds. The predicted octanol–water partition coefficient (Wildman–Crippen LogP) is 4.60. The van der Waals surface area contributed by atoms with Crippen LogP contribution < -0.4 is 5.32 Å². The Bertz CT molecular complexity index is 1070. The standard InChI is InChI=1S/C19H14ClN5OS/c1-12-17(13-2-6-15(20)7-3-13)23-19(27-12)24-18(26)14-4-8-16(9-5-14)25-11-21-10-22-25/h2-11H,1H3,(H,23,24,26). The number of carbonyl (C=O) groups excluding carboxylic acids is 1. The molecule has 0 aliphatic heterocycles. The van der Waals surface area contributed by atoms with Crippen LogP contribution in [0.4, 0.5) is 5.13 Å². The van der Waals surface area contributed by atoms with Gasteiger partial charge in [-0.2, -0.15) is 5.10 Å². The molecule has 0 spiro atoms. The molecule has 0 unspecified atom stereocenters. The second kappa shape index (κ2) is 7.30. The highest BCUT2D eigenvalue weighted by Crippen LogP contribution is 2.31. The Labute approximate surface area is 164 Å². The average molecular weight is 396 g/mol. The molecule has 0 radical (unpaired) electrons. The zero-order valence-electron chi connectivity index (χ0n) is 14.3. The second-order valence-electron chi connectivity index (χ2n) is 5.77. The summed E-state index contributed by atoms with van der Waals surface area (Å²) >= 11 is 7.38. The number of carbonyl (C=O) groups is 1. The molecule has 0 fully saturated rings. The van der Waals surface area contributed by atoms with E-state index >= 15 is 0 Å². The summed E-state index contributed by atoms with van der Waals surface area (Å²) in [6.45, 7) is 1.98. The van der Waals surface area contributed by atoms with Gasteiger partial charge in [0.2, 0.25) is 0 Å². The maximum atomic E-state index is 12.5. The molecule has 4 rings (SSSR count). The first-order valence-corrected chi connectivity index (χ1v) is 9.29. The first kappa shape index (κ1) is 17.4. The van der Waals surface area contributed by atoms with Crippen LogP contribution in [0.2, 0.25) is 5.02 Å². The number of benzene rings is 2. The minimum atomic E-state index is -0.212. The number of thiazole rings is 1. The van der Waals surface area contributed by atoms with Crippen molar-refractivity contribution in [3.05, 3.63) is 76.6 Å². The van der Waals surface area contributed by atoms with E-state index in [1.165, 1.54) is 17.7 Å². The van der Waals surface area contributed by atoms with Crippen molar-refractivity contribution in [3.63, 3.8) is 0 Å². The smallest absolute Gasteiger partial charge is 0.257 e. The minimum Gasteiger partial charge on any atom is -0.298 e. The first-order valence-electron chi connectivity index (χ1n) is 8.10. The van der Waals surface area contributed by atoms with Gasteiger partial charge in [0.1, 0.15) is 12.7 Å². The average Bonchev–Trinajstić information content (AvgIpc) is 3.33. The summed E-state index contributed by atoms with van der Waals surface area (Å²) in [5.41, 5.74) is 3.18. The van der Waals surface area contributed by atoms with E-state index in [4.69, 9.17) is 11.6 Å². The summed E-state index contributed by atoms with van der Waals surface area (Å²) in [5, 5.41) is 8.16. The van der Waals surface area contributed by atoms with Crippen molar-refractivity contribution in [2.24, 2.45) is 0 Å². The van der Waals surface area contributed by atoms with Gasteiger partial charge in [-0.1, -0.05) is 23.7 Å². The number of halogens is 1. The van der Waals surface area contributed by atoms with Crippen molar-refractivity contribution in [2.75, 3.05) is 5.32 Å². The van der Waals surface area contributed by atoms with E-state index in [0.717, 1.165) is 21.8 Å². The predicted molar refractivity (Wildman–Crippen MR) is 107 cm³/mol. The lowest BCUT2D eigenvalue weighted by Gasteiger charge is -2.04. The number of rotatable bonds is 4. The Morgan fingerprint density at radius 3 is 2.52 bits per heavy atom. The zero-order chi connectivity index (χ0) is 18.8. The Balaban J connectivity index is 1.51. The van der Waals surface area contributed by atoms with E-state index in [0.29, 0.717) is 15.7 Å². The van der Waals surface area contributed by atoms with E-state index < -0.39 is 0 Å². The lowest BCUT2D eigenvalue weighted by Crippen LogP contribution is -2.11. The Kier molecular flexibility index (Phi) is 4.70. The quantitative estimate of drug-likeness (QED) is 0.547. The van der Waals surface area contributed by atoms with Crippen LogP contribution in [-0.4, -0.2) is 25.7 Å². The van der Waals surface area contributed by atoms with E-state index in [2.05, 4.69) is 20.4 Å². The molecule has 4 aromatic rings. The van der Waals surface area contributed by atoms with Gasteiger partial charge in [0.05, 0.1) is 11.4 Å². The summed E-state index contributed by atoms with van der Waals surface area (Å²) in [4.78, 5) is 22.0. The molecule has 1 N–H and O–H groups in total. The van der Waals surface area contributed by atoms with Crippen molar-refractivity contribution in [1.82, 2.24) is 19.7 Å². The van der Waals surface area contributed by atoms with Gasteiger partial charge in [0.15, 0.2) is 5.13 Å². The molecule has 0 saturated carbocycles. The van der Waals surface area contributed by atoms with Gasteiger partial charge in [-0.15, -0.1) is 11.3 Å². The van der Waals surface area contributed by atoms with Crippen molar-refractivity contribution in [2.45, 2.75) is 6.92 Å². The minimum absolute atomic E-state index is 0.212. The van der Waals surface area contributed by atoms with Crippen LogP contribution >= 0.6 is 22.9 Å². The molecule has 2 heterocycles. The number of hydrogen-bond acceptors (Lipinski definition) is 5. The zero-order valence-corrected chi connectivity index (χ0v) is 15.8. The molecule has 0 saturated heterocycles. The van der Waals surface area contributed by atoms with Gasteiger partial charge in [-0.25, -0.2) is 14.6 Å². The molecule has 134 valence electrons. The van der Waals surface area contributed by atoms with Gasteiger partial charge < -0.3 is 0 Å². The summed E-state index contributed by atoms with van der Waals surface area (Å²) < 4.78 is 1.63. The van der Waals surface area contributed by atoms with Crippen LogP contribution in [0.25, 0.3) is 16.9 Å². The number of hydrogen-bond donors (Lipinski definition) is 1. The van der Waals surface area contributed by atoms with Crippen molar-refractivity contribution in [3.8, 4) is 16.9 Å². The monoisotopic (exact) mass is 395 g/mol. The third-order valence-corrected chi connectivity index (χ3v) is 5.09. The summed E-state index contributed by atoms with van der Waals surface area (Å²) in [7, 11) is 0. The lowest BCUT2D eigenvalue weighted by molar-refractivity contribution is 0.102. The summed E-state index contributed by atoms with van der Waals surface area (Å²) in [5.74, 6) is -0.212. The van der Waals surface area contributed by atoms with E-state index in [1.54, 1.807) is 23.1 Å². The molecule has 6 nitrogen and oxygen atoms in total. The number of anilines is 1. The fourth-order valence-electron chi connectivity index (χ4n) is 2.60. The van der Waals surface area contributed by atoms with Crippen LogP contribution in [0.5, 0.6) is 0 Å². The molecule has 2 aromatic heterocycles. The van der Waals surface area contributed by atoms with Crippen LogP contribution in [0.15, 0.2) is 61.2 Å². The number of nitrogens with one attached hydrogen (secondary N) is 1.